The van der Waals surface area contributed by atoms with Gasteiger partial charge in [-0.2, -0.15) is 0 Å². The minimum Gasteiger partial charge on any atom is -0.427 e. The standard InChI is InChI=1S/C17H23NO3/c1-13(19)21-16-9-5-8-15(12-16)18-17(20)11-10-14-6-3-2-4-7-14/h5,8-9,12,14H,2-4,6-7,10-11H2,1H3,(H,18,20). The lowest BCUT2D eigenvalue weighted by Gasteiger charge is -2.21. The number of ether oxygens (including phenoxy) is 1. The van der Waals surface area contributed by atoms with Crippen LogP contribution in [-0.4, -0.2) is 11.9 Å². The fourth-order valence-electron chi connectivity index (χ4n) is 2.84. The normalized spacial score (nSPS) is 15.5. The van der Waals surface area contributed by atoms with Crippen LogP contribution in [0.25, 0.3) is 0 Å². The maximum Gasteiger partial charge on any atom is 0.308 e. The Morgan fingerprint density at radius 3 is 2.71 bits per heavy atom. The Morgan fingerprint density at radius 1 is 1.24 bits per heavy atom. The second-order valence-corrected chi connectivity index (χ2v) is 5.71. The number of benzene rings is 1. The van der Waals surface area contributed by atoms with Gasteiger partial charge in [0.1, 0.15) is 5.75 Å². The molecule has 21 heavy (non-hydrogen) atoms. The van der Waals surface area contributed by atoms with E-state index in [1.165, 1.54) is 39.0 Å². The monoisotopic (exact) mass is 289 g/mol. The van der Waals surface area contributed by atoms with Crippen LogP contribution < -0.4 is 10.1 Å². The summed E-state index contributed by atoms with van der Waals surface area (Å²) in [6.07, 6.45) is 7.99. The molecule has 1 aromatic carbocycles. The molecule has 1 saturated carbocycles. The van der Waals surface area contributed by atoms with Gasteiger partial charge in [0.15, 0.2) is 0 Å². The van der Waals surface area contributed by atoms with Crippen LogP contribution in [0.1, 0.15) is 51.9 Å². The first kappa shape index (κ1) is 15.5. The third-order valence-corrected chi connectivity index (χ3v) is 3.88. The molecule has 1 fully saturated rings. The predicted molar refractivity (Wildman–Crippen MR) is 82.2 cm³/mol. The molecule has 2 rings (SSSR count). The SMILES string of the molecule is CC(=O)Oc1cccc(NC(=O)CCC2CCCCC2)c1. The first-order valence-electron chi connectivity index (χ1n) is 7.72. The molecule has 0 radical (unpaired) electrons. The predicted octanol–water partition coefficient (Wildman–Crippen LogP) is 3.91. The number of anilines is 1. The maximum atomic E-state index is 12.0. The van der Waals surface area contributed by atoms with E-state index in [1.54, 1.807) is 24.3 Å². The fraction of sp³-hybridized carbons (Fsp3) is 0.529. The maximum absolute atomic E-state index is 12.0. The molecule has 1 aromatic rings. The van der Waals surface area contributed by atoms with Crippen LogP contribution in [0.15, 0.2) is 24.3 Å². The first-order valence-corrected chi connectivity index (χ1v) is 7.72. The molecule has 1 aliphatic carbocycles. The molecule has 1 N–H and O–H groups in total. The first-order chi connectivity index (χ1) is 10.1. The van der Waals surface area contributed by atoms with Crippen molar-refractivity contribution >= 4 is 17.6 Å². The van der Waals surface area contributed by atoms with E-state index in [9.17, 15) is 9.59 Å². The van der Waals surface area contributed by atoms with Gasteiger partial charge in [0.05, 0.1) is 0 Å². The number of esters is 1. The summed E-state index contributed by atoms with van der Waals surface area (Å²) >= 11 is 0. The average Bonchev–Trinajstić information content (AvgIpc) is 2.46. The van der Waals surface area contributed by atoms with Crippen LogP contribution in [0.3, 0.4) is 0 Å². The summed E-state index contributed by atoms with van der Waals surface area (Å²) in [5, 5.41) is 2.86. The summed E-state index contributed by atoms with van der Waals surface area (Å²) in [7, 11) is 0. The number of carbonyl (C=O) groups is 2. The minimum absolute atomic E-state index is 0.0283. The third kappa shape index (κ3) is 5.58. The van der Waals surface area contributed by atoms with Gasteiger partial charge in [-0.15, -0.1) is 0 Å². The van der Waals surface area contributed by atoms with E-state index >= 15 is 0 Å². The van der Waals surface area contributed by atoms with Crippen LogP contribution in [0.4, 0.5) is 5.69 Å². The van der Waals surface area contributed by atoms with E-state index in [0.29, 0.717) is 23.8 Å². The molecule has 0 saturated heterocycles. The van der Waals surface area contributed by atoms with Crippen molar-refractivity contribution in [3.05, 3.63) is 24.3 Å². The van der Waals surface area contributed by atoms with Gasteiger partial charge >= 0.3 is 5.97 Å². The fourth-order valence-corrected chi connectivity index (χ4v) is 2.84. The third-order valence-electron chi connectivity index (χ3n) is 3.88. The Morgan fingerprint density at radius 2 is 2.00 bits per heavy atom. The summed E-state index contributed by atoms with van der Waals surface area (Å²) in [5.41, 5.74) is 0.669. The zero-order chi connectivity index (χ0) is 15.1. The van der Waals surface area contributed by atoms with Crippen LogP contribution in [0, 0.1) is 5.92 Å². The molecule has 114 valence electrons. The van der Waals surface area contributed by atoms with Crippen molar-refractivity contribution in [3.63, 3.8) is 0 Å². The highest BCUT2D eigenvalue weighted by Gasteiger charge is 2.15. The highest BCUT2D eigenvalue weighted by atomic mass is 16.5. The summed E-state index contributed by atoms with van der Waals surface area (Å²) in [5.74, 6) is 0.820. The molecule has 1 amide bonds. The van der Waals surface area contributed by atoms with E-state index in [2.05, 4.69) is 5.32 Å². The van der Waals surface area contributed by atoms with Gasteiger partial charge in [0, 0.05) is 25.1 Å². The largest absolute Gasteiger partial charge is 0.427 e. The summed E-state index contributed by atoms with van der Waals surface area (Å²) in [4.78, 5) is 22.9. The van der Waals surface area contributed by atoms with Crippen molar-refractivity contribution in [2.75, 3.05) is 5.32 Å². The highest BCUT2D eigenvalue weighted by molar-refractivity contribution is 5.90. The minimum atomic E-state index is -0.365. The van der Waals surface area contributed by atoms with Crippen molar-refractivity contribution in [2.45, 2.75) is 51.9 Å². The smallest absolute Gasteiger partial charge is 0.308 e. The van der Waals surface area contributed by atoms with Gasteiger partial charge in [0.25, 0.3) is 0 Å². The molecule has 1 aliphatic rings. The lowest BCUT2D eigenvalue weighted by Crippen LogP contribution is -2.15. The Bertz CT molecular complexity index is 493. The van der Waals surface area contributed by atoms with Gasteiger partial charge in [-0.3, -0.25) is 9.59 Å². The van der Waals surface area contributed by atoms with Crippen LogP contribution >= 0.6 is 0 Å². The number of amides is 1. The van der Waals surface area contributed by atoms with Crippen molar-refractivity contribution < 1.29 is 14.3 Å². The molecular weight excluding hydrogens is 266 g/mol. The van der Waals surface area contributed by atoms with Crippen molar-refractivity contribution in [1.82, 2.24) is 0 Å². The summed E-state index contributed by atoms with van der Waals surface area (Å²) < 4.78 is 5.00. The van der Waals surface area contributed by atoms with Gasteiger partial charge < -0.3 is 10.1 Å². The molecule has 0 aliphatic heterocycles. The van der Waals surface area contributed by atoms with Crippen molar-refractivity contribution in [3.8, 4) is 5.75 Å². The molecule has 4 nitrogen and oxygen atoms in total. The van der Waals surface area contributed by atoms with E-state index in [1.807, 2.05) is 0 Å². The molecular formula is C17H23NO3. The number of nitrogens with one attached hydrogen (secondary N) is 1. The van der Waals surface area contributed by atoms with Gasteiger partial charge in [0.2, 0.25) is 5.91 Å². The molecule has 0 bridgehead atoms. The van der Waals surface area contributed by atoms with Gasteiger partial charge in [-0.1, -0.05) is 38.2 Å². The summed E-state index contributed by atoms with van der Waals surface area (Å²) in [6, 6.07) is 6.92. The van der Waals surface area contributed by atoms with E-state index in [-0.39, 0.29) is 11.9 Å². The van der Waals surface area contributed by atoms with Crippen LogP contribution in [0.2, 0.25) is 0 Å². The Kier molecular flexibility index (Phi) is 5.78. The molecule has 0 atom stereocenters. The molecule has 0 aromatic heterocycles. The topological polar surface area (TPSA) is 55.4 Å². The molecule has 4 heteroatoms. The number of hydrogen-bond acceptors (Lipinski definition) is 3. The molecule has 0 heterocycles. The summed E-state index contributed by atoms with van der Waals surface area (Å²) in [6.45, 7) is 1.36. The Labute approximate surface area is 125 Å². The number of carbonyl (C=O) groups excluding carboxylic acids is 2. The number of rotatable bonds is 5. The van der Waals surface area contributed by atoms with Crippen molar-refractivity contribution in [2.24, 2.45) is 5.92 Å². The molecule has 0 unspecified atom stereocenters. The average molecular weight is 289 g/mol. The quantitative estimate of drug-likeness (QED) is 0.660. The number of hydrogen-bond donors (Lipinski definition) is 1. The second kappa shape index (κ2) is 7.81. The van der Waals surface area contributed by atoms with E-state index in [0.717, 1.165) is 6.42 Å². The lowest BCUT2D eigenvalue weighted by molar-refractivity contribution is -0.131. The van der Waals surface area contributed by atoms with Crippen LogP contribution in [-0.2, 0) is 9.59 Å². The van der Waals surface area contributed by atoms with Gasteiger partial charge in [-0.25, -0.2) is 0 Å². The van der Waals surface area contributed by atoms with Crippen molar-refractivity contribution in [1.29, 1.82) is 0 Å². The van der Waals surface area contributed by atoms with E-state index in [4.69, 9.17) is 4.74 Å². The highest BCUT2D eigenvalue weighted by Crippen LogP contribution is 2.27. The zero-order valence-electron chi connectivity index (χ0n) is 12.6. The Balaban J connectivity index is 1.80. The van der Waals surface area contributed by atoms with Gasteiger partial charge in [-0.05, 0) is 24.5 Å². The Hall–Kier alpha value is -1.84. The molecule has 0 spiro atoms. The zero-order valence-corrected chi connectivity index (χ0v) is 12.6. The van der Waals surface area contributed by atoms with E-state index < -0.39 is 0 Å². The van der Waals surface area contributed by atoms with Crippen LogP contribution in [0.5, 0.6) is 5.75 Å². The second-order valence-electron chi connectivity index (χ2n) is 5.71. The lowest BCUT2D eigenvalue weighted by atomic mass is 9.86.